The molecule has 0 bridgehead atoms. The van der Waals surface area contributed by atoms with Gasteiger partial charge in [-0.3, -0.25) is 9.59 Å². The second kappa shape index (κ2) is 9.19. The van der Waals surface area contributed by atoms with E-state index in [0.29, 0.717) is 38.1 Å². The molecule has 6 heteroatoms. The maximum absolute atomic E-state index is 12.2. The molecule has 0 radical (unpaired) electrons. The van der Waals surface area contributed by atoms with Crippen LogP contribution in [0.3, 0.4) is 0 Å². The first-order chi connectivity index (χ1) is 13.1. The summed E-state index contributed by atoms with van der Waals surface area (Å²) in [5, 5.41) is 15.0. The number of phenols is 1. The lowest BCUT2D eigenvalue weighted by Crippen LogP contribution is -2.31. The number of benzene rings is 2. The first kappa shape index (κ1) is 18.9. The van der Waals surface area contributed by atoms with E-state index in [1.165, 1.54) is 17.7 Å². The molecule has 1 atom stereocenters. The number of fused-ring (bicyclic) bond motifs is 1. The number of nitrogens with one attached hydrogen (secondary N) is 2. The summed E-state index contributed by atoms with van der Waals surface area (Å²) in [6.07, 6.45) is 1.61. The van der Waals surface area contributed by atoms with Crippen LogP contribution >= 0.6 is 0 Å². The fourth-order valence-corrected chi connectivity index (χ4v) is 3.15. The van der Waals surface area contributed by atoms with Gasteiger partial charge in [0.25, 0.3) is 5.91 Å². The van der Waals surface area contributed by atoms with E-state index in [0.717, 1.165) is 12.0 Å². The lowest BCUT2D eigenvalue weighted by molar-refractivity contribution is -0.124. The largest absolute Gasteiger partial charge is 0.508 e. The second-order valence-electron chi connectivity index (χ2n) is 6.52. The van der Waals surface area contributed by atoms with Crippen LogP contribution in [-0.4, -0.2) is 36.6 Å². The van der Waals surface area contributed by atoms with E-state index in [4.69, 9.17) is 4.74 Å². The number of carbonyl (C=O) groups is 2. The summed E-state index contributed by atoms with van der Waals surface area (Å²) in [4.78, 5) is 24.1. The van der Waals surface area contributed by atoms with Gasteiger partial charge in [0.15, 0.2) is 0 Å². The highest BCUT2D eigenvalue weighted by Crippen LogP contribution is 2.29. The van der Waals surface area contributed by atoms with Gasteiger partial charge in [-0.1, -0.05) is 30.3 Å². The van der Waals surface area contributed by atoms with Gasteiger partial charge in [0.2, 0.25) is 5.91 Å². The first-order valence-corrected chi connectivity index (χ1v) is 9.17. The summed E-state index contributed by atoms with van der Waals surface area (Å²) in [5.41, 5.74) is 2.75. The number of rotatable bonds is 7. The van der Waals surface area contributed by atoms with Crippen molar-refractivity contribution in [3.8, 4) is 5.75 Å². The van der Waals surface area contributed by atoms with Crippen molar-refractivity contribution in [1.29, 1.82) is 0 Å². The van der Waals surface area contributed by atoms with Crippen LogP contribution in [0.15, 0.2) is 48.5 Å². The maximum atomic E-state index is 12.2. The van der Waals surface area contributed by atoms with E-state index >= 15 is 0 Å². The molecule has 0 aliphatic carbocycles. The van der Waals surface area contributed by atoms with Crippen LogP contribution in [0, 0.1) is 0 Å². The smallest absolute Gasteiger partial charge is 0.251 e. The molecule has 27 heavy (non-hydrogen) atoms. The quantitative estimate of drug-likeness (QED) is 0.655. The molecule has 3 rings (SSSR count). The van der Waals surface area contributed by atoms with E-state index in [1.54, 1.807) is 12.1 Å². The van der Waals surface area contributed by atoms with Crippen molar-refractivity contribution in [2.24, 2.45) is 0 Å². The van der Waals surface area contributed by atoms with E-state index in [9.17, 15) is 14.7 Å². The van der Waals surface area contributed by atoms with Gasteiger partial charge in [0.1, 0.15) is 5.75 Å². The predicted octanol–water partition coefficient (Wildman–Crippen LogP) is 2.33. The van der Waals surface area contributed by atoms with Crippen molar-refractivity contribution in [3.05, 3.63) is 65.2 Å². The van der Waals surface area contributed by atoms with Gasteiger partial charge in [-0.15, -0.1) is 0 Å². The molecule has 0 fully saturated rings. The Bertz CT molecular complexity index is 806. The van der Waals surface area contributed by atoms with Crippen LogP contribution in [0.5, 0.6) is 5.75 Å². The summed E-state index contributed by atoms with van der Waals surface area (Å²) < 4.78 is 5.75. The van der Waals surface area contributed by atoms with Crippen LogP contribution < -0.4 is 10.6 Å². The molecule has 1 heterocycles. The Balaban J connectivity index is 1.36. The molecule has 142 valence electrons. The van der Waals surface area contributed by atoms with E-state index in [-0.39, 0.29) is 23.7 Å². The van der Waals surface area contributed by atoms with Gasteiger partial charge < -0.3 is 20.5 Å². The molecule has 1 aliphatic rings. The van der Waals surface area contributed by atoms with Gasteiger partial charge in [-0.25, -0.2) is 0 Å². The zero-order valence-electron chi connectivity index (χ0n) is 15.1. The Morgan fingerprint density at radius 1 is 1.07 bits per heavy atom. The average Bonchev–Trinajstić information content (AvgIpc) is 2.68. The zero-order chi connectivity index (χ0) is 19.1. The highest BCUT2D eigenvalue weighted by atomic mass is 16.5. The molecule has 2 aromatic carbocycles. The molecule has 6 nitrogen and oxygen atoms in total. The third kappa shape index (κ3) is 5.31. The van der Waals surface area contributed by atoms with Crippen molar-refractivity contribution in [2.75, 3.05) is 19.7 Å². The molecule has 3 N–H and O–H groups in total. The van der Waals surface area contributed by atoms with Crippen LogP contribution in [0.25, 0.3) is 0 Å². The zero-order valence-corrected chi connectivity index (χ0v) is 15.1. The molecule has 2 amide bonds. The monoisotopic (exact) mass is 368 g/mol. The van der Waals surface area contributed by atoms with E-state index in [1.807, 2.05) is 18.2 Å². The fraction of sp³-hybridized carbons (Fsp3) is 0.333. The van der Waals surface area contributed by atoms with E-state index in [2.05, 4.69) is 16.7 Å². The number of hydrogen-bond donors (Lipinski definition) is 3. The van der Waals surface area contributed by atoms with Crippen molar-refractivity contribution in [2.45, 2.75) is 25.4 Å². The Morgan fingerprint density at radius 2 is 1.89 bits per heavy atom. The minimum absolute atomic E-state index is 0.0569. The Kier molecular flexibility index (Phi) is 6.44. The number of ether oxygens (including phenoxy) is 1. The highest BCUT2D eigenvalue weighted by molar-refractivity contribution is 5.94. The number of amides is 2. The molecular formula is C21H24N2O4. The Morgan fingerprint density at radius 3 is 2.74 bits per heavy atom. The lowest BCUT2D eigenvalue weighted by atomic mass is 9.95. The molecular weight excluding hydrogens is 344 g/mol. The van der Waals surface area contributed by atoms with Crippen molar-refractivity contribution in [3.63, 3.8) is 0 Å². The second-order valence-corrected chi connectivity index (χ2v) is 6.52. The normalized spacial score (nSPS) is 15.6. The summed E-state index contributed by atoms with van der Waals surface area (Å²) in [5.74, 6) is -0.248. The van der Waals surface area contributed by atoms with Gasteiger partial charge in [0, 0.05) is 18.7 Å². The van der Waals surface area contributed by atoms with Crippen LogP contribution in [0.4, 0.5) is 0 Å². The molecule has 0 saturated heterocycles. The van der Waals surface area contributed by atoms with Crippen molar-refractivity contribution < 1.29 is 19.4 Å². The van der Waals surface area contributed by atoms with Gasteiger partial charge in [-0.05, 0) is 42.2 Å². The average molecular weight is 368 g/mol. The SMILES string of the molecule is O=C(C[C@H]1OCCc2ccccc21)NCCCNC(=O)c1cccc(O)c1. The van der Waals surface area contributed by atoms with Crippen LogP contribution in [-0.2, 0) is 16.0 Å². The maximum Gasteiger partial charge on any atom is 0.251 e. The summed E-state index contributed by atoms with van der Waals surface area (Å²) in [6.45, 7) is 1.56. The summed E-state index contributed by atoms with van der Waals surface area (Å²) in [6, 6.07) is 14.3. The van der Waals surface area contributed by atoms with Gasteiger partial charge in [-0.2, -0.15) is 0 Å². The summed E-state index contributed by atoms with van der Waals surface area (Å²) in [7, 11) is 0. The van der Waals surface area contributed by atoms with E-state index < -0.39 is 0 Å². The molecule has 0 saturated carbocycles. The van der Waals surface area contributed by atoms with Crippen molar-refractivity contribution in [1.82, 2.24) is 10.6 Å². The third-order valence-corrected chi connectivity index (χ3v) is 4.53. The lowest BCUT2D eigenvalue weighted by Gasteiger charge is -2.25. The number of hydrogen-bond acceptors (Lipinski definition) is 4. The van der Waals surface area contributed by atoms with Gasteiger partial charge in [0.05, 0.1) is 19.1 Å². The Hall–Kier alpha value is -2.86. The standard InChI is InChI=1S/C21H24N2O4/c24-17-7-3-6-16(13-17)21(26)23-11-4-10-22-20(25)14-19-18-8-2-1-5-15(18)9-12-27-19/h1-3,5-8,13,19,24H,4,9-12,14H2,(H,22,25)(H,23,26)/t19-/m1/s1. The fourth-order valence-electron chi connectivity index (χ4n) is 3.15. The van der Waals surface area contributed by atoms with Crippen molar-refractivity contribution >= 4 is 11.8 Å². The summed E-state index contributed by atoms with van der Waals surface area (Å²) >= 11 is 0. The van der Waals surface area contributed by atoms with Gasteiger partial charge >= 0.3 is 0 Å². The molecule has 0 unspecified atom stereocenters. The Labute approximate surface area is 158 Å². The van der Waals surface area contributed by atoms with Crippen LogP contribution in [0.1, 0.15) is 40.4 Å². The predicted molar refractivity (Wildman–Crippen MR) is 102 cm³/mol. The number of phenolic OH excluding ortho intramolecular Hbond substituents is 1. The molecule has 0 spiro atoms. The topological polar surface area (TPSA) is 87.7 Å². The minimum atomic E-state index is -0.246. The third-order valence-electron chi connectivity index (χ3n) is 4.53. The van der Waals surface area contributed by atoms with Crippen LogP contribution in [0.2, 0.25) is 0 Å². The molecule has 1 aliphatic heterocycles. The first-order valence-electron chi connectivity index (χ1n) is 9.17. The minimum Gasteiger partial charge on any atom is -0.508 e. The number of carbonyl (C=O) groups excluding carboxylic acids is 2. The number of aromatic hydroxyl groups is 1. The molecule has 0 aromatic heterocycles. The molecule has 2 aromatic rings. The highest BCUT2D eigenvalue weighted by Gasteiger charge is 2.22.